The van der Waals surface area contributed by atoms with Gasteiger partial charge in [-0.3, -0.25) is 9.59 Å². The van der Waals surface area contributed by atoms with Crippen molar-refractivity contribution in [1.82, 2.24) is 29.4 Å². The number of hydrogen-bond donors (Lipinski definition) is 2. The van der Waals surface area contributed by atoms with Gasteiger partial charge in [-0.05, 0) is 49.2 Å². The third-order valence-electron chi connectivity index (χ3n) is 6.38. The molecule has 0 fully saturated rings. The number of nitrogens with zero attached hydrogens (tertiary/aromatic N) is 5. The van der Waals surface area contributed by atoms with Crippen LogP contribution in [-0.2, 0) is 13.0 Å². The van der Waals surface area contributed by atoms with Gasteiger partial charge in [0.2, 0.25) is 0 Å². The SMILES string of the molecule is O=C(Nc1ccc(-c2nnc3n2CCCCCC3)cc1)c1cnn2c1[nH]c(=O)c1ccccc12. The Hall–Kier alpha value is -4.27. The van der Waals surface area contributed by atoms with Crippen molar-refractivity contribution >= 4 is 28.1 Å². The number of carbonyl (C=O) groups is 1. The summed E-state index contributed by atoms with van der Waals surface area (Å²) in [6.45, 7) is 0.928. The first kappa shape index (κ1) is 20.3. The Labute approximate surface area is 194 Å². The number of para-hydroxylation sites is 1. The lowest BCUT2D eigenvalue weighted by molar-refractivity contribution is 0.102. The van der Waals surface area contributed by atoms with Crippen molar-refractivity contribution in [3.63, 3.8) is 0 Å². The zero-order chi connectivity index (χ0) is 23.1. The van der Waals surface area contributed by atoms with E-state index >= 15 is 0 Å². The number of rotatable bonds is 3. The second-order valence-electron chi connectivity index (χ2n) is 8.58. The Morgan fingerprint density at radius 1 is 0.971 bits per heavy atom. The Balaban J connectivity index is 1.27. The van der Waals surface area contributed by atoms with E-state index in [-0.39, 0.29) is 11.5 Å². The minimum Gasteiger partial charge on any atom is -0.322 e. The summed E-state index contributed by atoms with van der Waals surface area (Å²) in [5.74, 6) is 1.56. The van der Waals surface area contributed by atoms with Crippen LogP contribution in [0.2, 0.25) is 0 Å². The van der Waals surface area contributed by atoms with Gasteiger partial charge in [0.05, 0.1) is 17.1 Å². The summed E-state index contributed by atoms with van der Waals surface area (Å²) in [6, 6.07) is 14.7. The second kappa shape index (κ2) is 8.26. The van der Waals surface area contributed by atoms with Crippen LogP contribution in [0, 0.1) is 0 Å². The molecule has 0 atom stereocenters. The first-order valence-electron chi connectivity index (χ1n) is 11.5. The van der Waals surface area contributed by atoms with Crippen molar-refractivity contribution in [2.75, 3.05) is 5.32 Å². The van der Waals surface area contributed by atoms with Crippen LogP contribution in [-0.4, -0.2) is 35.3 Å². The molecule has 3 aromatic heterocycles. The summed E-state index contributed by atoms with van der Waals surface area (Å²) in [5.41, 5.74) is 2.65. The number of H-pyrrole nitrogens is 1. The zero-order valence-corrected chi connectivity index (χ0v) is 18.5. The van der Waals surface area contributed by atoms with E-state index in [4.69, 9.17) is 0 Å². The van der Waals surface area contributed by atoms with E-state index < -0.39 is 0 Å². The van der Waals surface area contributed by atoms with Crippen molar-refractivity contribution in [1.29, 1.82) is 0 Å². The number of amides is 1. The van der Waals surface area contributed by atoms with Crippen molar-refractivity contribution in [3.05, 3.63) is 76.5 Å². The molecule has 34 heavy (non-hydrogen) atoms. The monoisotopic (exact) mass is 453 g/mol. The average Bonchev–Trinajstić information content (AvgIpc) is 3.43. The van der Waals surface area contributed by atoms with Gasteiger partial charge in [-0.1, -0.05) is 25.0 Å². The molecule has 5 aromatic rings. The molecule has 2 N–H and O–H groups in total. The minimum absolute atomic E-state index is 0.259. The third-order valence-corrected chi connectivity index (χ3v) is 6.38. The normalized spacial score (nSPS) is 14.0. The topological polar surface area (TPSA) is 110 Å². The molecule has 0 saturated heterocycles. The maximum absolute atomic E-state index is 13.0. The van der Waals surface area contributed by atoms with Gasteiger partial charge >= 0.3 is 0 Å². The standard InChI is InChI=1S/C25H23N7O2/c33-24-18-7-4-5-8-20(18)32-23(28-24)19(15-26-32)25(34)27-17-12-10-16(11-13-17)22-30-29-21-9-3-1-2-6-14-31(21)22/h4-5,7-8,10-13,15H,1-3,6,9,14H2,(H,27,34)(H,28,33). The summed E-state index contributed by atoms with van der Waals surface area (Å²) in [5, 5.41) is 16.6. The Kier molecular flexibility index (Phi) is 4.94. The largest absolute Gasteiger partial charge is 0.322 e. The van der Waals surface area contributed by atoms with E-state index in [1.54, 1.807) is 22.7 Å². The molecule has 1 amide bonds. The van der Waals surface area contributed by atoms with Gasteiger partial charge in [-0.25, -0.2) is 4.52 Å². The smallest absolute Gasteiger partial charge is 0.261 e. The predicted molar refractivity (Wildman–Crippen MR) is 129 cm³/mol. The number of carbonyl (C=O) groups excluding carboxylic acids is 1. The number of aromatic amines is 1. The molecule has 0 radical (unpaired) electrons. The number of hydrogen-bond acceptors (Lipinski definition) is 5. The summed E-state index contributed by atoms with van der Waals surface area (Å²) in [6.07, 6.45) is 7.17. The maximum atomic E-state index is 13.0. The van der Waals surface area contributed by atoms with Gasteiger partial charge in [-0.2, -0.15) is 5.10 Å². The first-order chi connectivity index (χ1) is 16.7. The molecule has 0 bridgehead atoms. The highest BCUT2D eigenvalue weighted by molar-refractivity contribution is 6.08. The van der Waals surface area contributed by atoms with Gasteiger partial charge in [0.1, 0.15) is 17.0 Å². The highest BCUT2D eigenvalue weighted by Gasteiger charge is 2.18. The van der Waals surface area contributed by atoms with Crippen LogP contribution in [0.4, 0.5) is 5.69 Å². The number of aryl methyl sites for hydroxylation is 1. The summed E-state index contributed by atoms with van der Waals surface area (Å²) < 4.78 is 3.79. The molecule has 1 aliphatic heterocycles. The molecule has 6 rings (SSSR count). The van der Waals surface area contributed by atoms with E-state index in [9.17, 15) is 9.59 Å². The molecular formula is C25H23N7O2. The van der Waals surface area contributed by atoms with E-state index in [0.29, 0.717) is 27.8 Å². The quantitative estimate of drug-likeness (QED) is 0.432. The van der Waals surface area contributed by atoms with Crippen LogP contribution in [0.3, 0.4) is 0 Å². The fraction of sp³-hybridized carbons (Fsp3) is 0.240. The molecule has 170 valence electrons. The highest BCUT2D eigenvalue weighted by Crippen LogP contribution is 2.24. The van der Waals surface area contributed by atoms with Gasteiger partial charge in [0, 0.05) is 24.2 Å². The van der Waals surface area contributed by atoms with E-state index in [1.165, 1.54) is 19.0 Å². The van der Waals surface area contributed by atoms with Gasteiger partial charge < -0.3 is 14.9 Å². The molecule has 0 aliphatic carbocycles. The van der Waals surface area contributed by atoms with Crippen LogP contribution in [0.1, 0.15) is 41.9 Å². The first-order valence-corrected chi connectivity index (χ1v) is 11.5. The summed E-state index contributed by atoms with van der Waals surface area (Å²) in [4.78, 5) is 28.3. The average molecular weight is 454 g/mol. The van der Waals surface area contributed by atoms with Crippen LogP contribution in [0.5, 0.6) is 0 Å². The predicted octanol–water partition coefficient (Wildman–Crippen LogP) is 3.80. The fourth-order valence-corrected chi connectivity index (χ4v) is 4.62. The molecule has 0 unspecified atom stereocenters. The lowest BCUT2D eigenvalue weighted by Crippen LogP contribution is -2.15. The third kappa shape index (κ3) is 3.45. The van der Waals surface area contributed by atoms with Crippen LogP contribution < -0.4 is 10.9 Å². The fourth-order valence-electron chi connectivity index (χ4n) is 4.62. The molecule has 2 aromatic carbocycles. The van der Waals surface area contributed by atoms with Crippen molar-refractivity contribution < 1.29 is 4.79 Å². The second-order valence-corrected chi connectivity index (χ2v) is 8.58. The highest BCUT2D eigenvalue weighted by atomic mass is 16.2. The Bertz CT molecular complexity index is 1580. The lowest BCUT2D eigenvalue weighted by atomic mass is 10.1. The van der Waals surface area contributed by atoms with Gasteiger partial charge in [0.25, 0.3) is 11.5 Å². The summed E-state index contributed by atoms with van der Waals surface area (Å²) >= 11 is 0. The molecule has 4 heterocycles. The molecule has 0 saturated carbocycles. The van der Waals surface area contributed by atoms with Gasteiger partial charge in [0.15, 0.2) is 5.82 Å². The molecule has 1 aliphatic rings. The van der Waals surface area contributed by atoms with Crippen LogP contribution >= 0.6 is 0 Å². The zero-order valence-electron chi connectivity index (χ0n) is 18.5. The Morgan fingerprint density at radius 2 is 1.79 bits per heavy atom. The molecule has 0 spiro atoms. The summed E-state index contributed by atoms with van der Waals surface area (Å²) in [7, 11) is 0. The number of fused-ring (bicyclic) bond motifs is 4. The number of benzene rings is 2. The lowest BCUT2D eigenvalue weighted by Gasteiger charge is -2.13. The van der Waals surface area contributed by atoms with E-state index in [2.05, 4.69) is 30.2 Å². The maximum Gasteiger partial charge on any atom is 0.261 e. The number of aromatic nitrogens is 6. The van der Waals surface area contributed by atoms with Crippen molar-refractivity contribution in [2.24, 2.45) is 0 Å². The molecular weight excluding hydrogens is 430 g/mol. The number of nitrogens with one attached hydrogen (secondary N) is 2. The minimum atomic E-state index is -0.346. The molecule has 9 heteroatoms. The Morgan fingerprint density at radius 3 is 2.68 bits per heavy atom. The van der Waals surface area contributed by atoms with Crippen molar-refractivity contribution in [3.8, 4) is 11.4 Å². The van der Waals surface area contributed by atoms with Gasteiger partial charge in [-0.15, -0.1) is 10.2 Å². The van der Waals surface area contributed by atoms with Crippen LogP contribution in [0.25, 0.3) is 27.9 Å². The van der Waals surface area contributed by atoms with Crippen LogP contribution in [0.15, 0.2) is 59.5 Å². The van der Waals surface area contributed by atoms with E-state index in [1.807, 2.05) is 30.3 Å². The van der Waals surface area contributed by atoms with E-state index in [0.717, 1.165) is 43.0 Å². The van der Waals surface area contributed by atoms with Crippen molar-refractivity contribution in [2.45, 2.75) is 38.6 Å². The number of anilines is 1. The molecule has 9 nitrogen and oxygen atoms in total.